The van der Waals surface area contributed by atoms with Crippen molar-refractivity contribution in [1.82, 2.24) is 4.98 Å². The van der Waals surface area contributed by atoms with Gasteiger partial charge in [-0.2, -0.15) is 0 Å². The van der Waals surface area contributed by atoms with E-state index < -0.39 is 0 Å². The van der Waals surface area contributed by atoms with Crippen molar-refractivity contribution in [1.29, 1.82) is 0 Å². The summed E-state index contributed by atoms with van der Waals surface area (Å²) < 4.78 is 0. The van der Waals surface area contributed by atoms with Crippen molar-refractivity contribution in [2.24, 2.45) is 11.8 Å². The quantitative estimate of drug-likeness (QED) is 0.538. The fourth-order valence-electron chi connectivity index (χ4n) is 2.40. The van der Waals surface area contributed by atoms with Crippen molar-refractivity contribution in [3.63, 3.8) is 0 Å². The van der Waals surface area contributed by atoms with E-state index in [9.17, 15) is 0 Å². The molecule has 1 unspecified atom stereocenters. The second-order valence-electron chi connectivity index (χ2n) is 4.53. The summed E-state index contributed by atoms with van der Waals surface area (Å²) in [5.41, 5.74) is 2.56. The predicted molar refractivity (Wildman–Crippen MR) is 67.1 cm³/mol. The Hall–Kier alpha value is -1.29. The maximum Gasteiger partial charge on any atom is 0.142 e. The van der Waals surface area contributed by atoms with Gasteiger partial charge >= 0.3 is 0 Å². The normalized spacial score (nSPS) is 18.4. The minimum absolute atomic E-state index is 0.489. The number of rotatable bonds is 4. The average molecular weight is 220 g/mol. The van der Waals surface area contributed by atoms with Crippen LogP contribution in [0.4, 0.5) is 11.6 Å². The van der Waals surface area contributed by atoms with E-state index in [-0.39, 0.29) is 0 Å². The van der Waals surface area contributed by atoms with E-state index in [1.165, 1.54) is 25.7 Å². The van der Waals surface area contributed by atoms with E-state index in [1.54, 1.807) is 0 Å². The summed E-state index contributed by atoms with van der Waals surface area (Å²) in [6.45, 7) is 2.24. The Bertz CT molecular complexity index is 334. The lowest BCUT2D eigenvalue weighted by atomic mass is 10.00. The highest BCUT2D eigenvalue weighted by Crippen LogP contribution is 2.28. The molecular formula is C12H20N4. The summed E-state index contributed by atoms with van der Waals surface area (Å²) in [4.78, 5) is 4.36. The molecule has 1 aromatic heterocycles. The number of pyridine rings is 1. The number of hydrogen-bond donors (Lipinski definition) is 3. The SMILES string of the molecule is CC(Nc1cccc(NN)n1)C1CCCC1. The smallest absolute Gasteiger partial charge is 0.142 e. The third-order valence-electron chi connectivity index (χ3n) is 3.38. The molecule has 1 aromatic rings. The number of hydrogen-bond acceptors (Lipinski definition) is 4. The largest absolute Gasteiger partial charge is 0.367 e. The Kier molecular flexibility index (Phi) is 3.62. The van der Waals surface area contributed by atoms with Crippen LogP contribution in [0.1, 0.15) is 32.6 Å². The van der Waals surface area contributed by atoms with Gasteiger partial charge in [0, 0.05) is 6.04 Å². The maximum atomic E-state index is 5.33. The molecule has 2 rings (SSSR count). The summed E-state index contributed by atoms with van der Waals surface area (Å²) >= 11 is 0. The molecule has 0 aromatic carbocycles. The minimum atomic E-state index is 0.489. The Morgan fingerprint density at radius 1 is 1.31 bits per heavy atom. The number of hydrazine groups is 1. The Labute approximate surface area is 96.6 Å². The Morgan fingerprint density at radius 3 is 2.69 bits per heavy atom. The number of anilines is 2. The zero-order valence-electron chi connectivity index (χ0n) is 9.74. The molecule has 1 heterocycles. The molecule has 4 nitrogen and oxygen atoms in total. The molecule has 88 valence electrons. The molecule has 16 heavy (non-hydrogen) atoms. The third kappa shape index (κ3) is 2.64. The van der Waals surface area contributed by atoms with E-state index in [0.717, 1.165) is 11.7 Å². The van der Waals surface area contributed by atoms with Gasteiger partial charge in [-0.05, 0) is 37.8 Å². The van der Waals surface area contributed by atoms with Gasteiger partial charge < -0.3 is 10.7 Å². The molecule has 0 aliphatic heterocycles. The fraction of sp³-hybridized carbons (Fsp3) is 0.583. The van der Waals surface area contributed by atoms with Crippen LogP contribution in [0.3, 0.4) is 0 Å². The molecule has 4 heteroatoms. The molecule has 1 aliphatic rings. The van der Waals surface area contributed by atoms with Crippen LogP contribution in [-0.2, 0) is 0 Å². The average Bonchev–Trinajstić information content (AvgIpc) is 2.83. The van der Waals surface area contributed by atoms with Crippen molar-refractivity contribution >= 4 is 11.6 Å². The molecule has 1 fully saturated rings. The number of nitrogens with zero attached hydrogens (tertiary/aromatic N) is 1. The van der Waals surface area contributed by atoms with Gasteiger partial charge in [-0.1, -0.05) is 18.9 Å². The van der Waals surface area contributed by atoms with Crippen LogP contribution in [0, 0.1) is 5.92 Å². The predicted octanol–water partition coefficient (Wildman–Crippen LogP) is 2.36. The van der Waals surface area contributed by atoms with Crippen LogP contribution in [0.15, 0.2) is 18.2 Å². The van der Waals surface area contributed by atoms with E-state index in [2.05, 4.69) is 22.7 Å². The van der Waals surface area contributed by atoms with E-state index in [1.807, 2.05) is 18.2 Å². The Balaban J connectivity index is 1.96. The van der Waals surface area contributed by atoms with Gasteiger partial charge in [-0.25, -0.2) is 10.8 Å². The van der Waals surface area contributed by atoms with Gasteiger partial charge in [-0.3, -0.25) is 0 Å². The maximum absolute atomic E-state index is 5.33. The van der Waals surface area contributed by atoms with Crippen molar-refractivity contribution in [2.45, 2.75) is 38.6 Å². The van der Waals surface area contributed by atoms with Crippen LogP contribution in [0.2, 0.25) is 0 Å². The lowest BCUT2D eigenvalue weighted by Crippen LogP contribution is -2.24. The lowest BCUT2D eigenvalue weighted by Gasteiger charge is -2.21. The van der Waals surface area contributed by atoms with Gasteiger partial charge in [0.15, 0.2) is 0 Å². The molecule has 1 saturated carbocycles. The highest BCUT2D eigenvalue weighted by atomic mass is 15.3. The number of nitrogens with two attached hydrogens (primary N) is 1. The minimum Gasteiger partial charge on any atom is -0.367 e. The molecule has 0 spiro atoms. The third-order valence-corrected chi connectivity index (χ3v) is 3.38. The summed E-state index contributed by atoms with van der Waals surface area (Å²) in [6.07, 6.45) is 5.41. The van der Waals surface area contributed by atoms with Crippen LogP contribution in [-0.4, -0.2) is 11.0 Å². The summed E-state index contributed by atoms with van der Waals surface area (Å²) in [5, 5.41) is 3.45. The standard InChI is InChI=1S/C12H20N4/c1-9(10-5-2-3-6-10)14-11-7-4-8-12(15-11)16-13/h4,7-10H,2-3,5-6,13H2,1H3,(H2,14,15,16). The fourth-order valence-corrected chi connectivity index (χ4v) is 2.40. The second kappa shape index (κ2) is 5.16. The van der Waals surface area contributed by atoms with Crippen LogP contribution >= 0.6 is 0 Å². The van der Waals surface area contributed by atoms with Crippen LogP contribution < -0.4 is 16.6 Å². The number of nitrogen functional groups attached to an aromatic ring is 1. The summed E-state index contributed by atoms with van der Waals surface area (Å²) in [5.74, 6) is 7.72. The first-order valence-electron chi connectivity index (χ1n) is 6.00. The highest BCUT2D eigenvalue weighted by molar-refractivity contribution is 5.44. The van der Waals surface area contributed by atoms with Gasteiger partial charge in [0.1, 0.15) is 11.6 Å². The van der Waals surface area contributed by atoms with Crippen molar-refractivity contribution in [3.05, 3.63) is 18.2 Å². The second-order valence-corrected chi connectivity index (χ2v) is 4.53. The zero-order valence-corrected chi connectivity index (χ0v) is 9.74. The van der Waals surface area contributed by atoms with Gasteiger partial charge in [-0.15, -0.1) is 0 Å². The number of aromatic nitrogens is 1. The molecular weight excluding hydrogens is 200 g/mol. The first kappa shape index (κ1) is 11.2. The molecule has 1 aliphatic carbocycles. The first-order valence-corrected chi connectivity index (χ1v) is 6.00. The zero-order chi connectivity index (χ0) is 11.4. The first-order chi connectivity index (χ1) is 7.79. The van der Waals surface area contributed by atoms with Crippen LogP contribution in [0.5, 0.6) is 0 Å². The Morgan fingerprint density at radius 2 is 2.00 bits per heavy atom. The van der Waals surface area contributed by atoms with Crippen LogP contribution in [0.25, 0.3) is 0 Å². The van der Waals surface area contributed by atoms with Crippen molar-refractivity contribution in [2.75, 3.05) is 10.7 Å². The highest BCUT2D eigenvalue weighted by Gasteiger charge is 2.21. The molecule has 0 saturated heterocycles. The molecule has 0 radical (unpaired) electrons. The summed E-state index contributed by atoms with van der Waals surface area (Å²) in [7, 11) is 0. The summed E-state index contributed by atoms with van der Waals surface area (Å²) in [6, 6.07) is 6.27. The van der Waals surface area contributed by atoms with E-state index in [4.69, 9.17) is 5.84 Å². The van der Waals surface area contributed by atoms with Crippen molar-refractivity contribution < 1.29 is 0 Å². The molecule has 0 amide bonds. The van der Waals surface area contributed by atoms with E-state index >= 15 is 0 Å². The molecule has 1 atom stereocenters. The van der Waals surface area contributed by atoms with Gasteiger partial charge in [0.2, 0.25) is 0 Å². The van der Waals surface area contributed by atoms with Gasteiger partial charge in [0.25, 0.3) is 0 Å². The monoisotopic (exact) mass is 220 g/mol. The van der Waals surface area contributed by atoms with Crippen molar-refractivity contribution in [3.8, 4) is 0 Å². The van der Waals surface area contributed by atoms with E-state index in [0.29, 0.717) is 11.9 Å². The lowest BCUT2D eigenvalue weighted by molar-refractivity contribution is 0.481. The topological polar surface area (TPSA) is 63.0 Å². The van der Waals surface area contributed by atoms with Gasteiger partial charge in [0.05, 0.1) is 0 Å². The molecule has 4 N–H and O–H groups in total. The molecule has 0 bridgehead atoms. The number of nitrogens with one attached hydrogen (secondary N) is 2.